The van der Waals surface area contributed by atoms with Crippen LogP contribution in [0.1, 0.15) is 46.9 Å². The number of carboxylic acid groups (broad SMARTS) is 1. The molecule has 1 aliphatic heterocycles. The number of benzene rings is 4. The summed E-state index contributed by atoms with van der Waals surface area (Å²) >= 11 is 0. The Hall–Kier alpha value is -5.12. The average Bonchev–Trinajstić information content (AvgIpc) is 3.13. The van der Waals surface area contributed by atoms with E-state index in [4.69, 9.17) is 5.73 Å². The number of rotatable bonds is 7. The predicted molar refractivity (Wildman–Crippen MR) is 164 cm³/mol. The number of fused-ring (bicyclic) bond motifs is 1. The number of aromatic carboxylic acids is 1. The van der Waals surface area contributed by atoms with E-state index in [2.05, 4.69) is 10.6 Å². The van der Waals surface area contributed by atoms with Crippen LogP contribution in [-0.2, 0) is 15.1 Å². The number of hydrogen-bond acceptors (Lipinski definition) is 5. The highest BCUT2D eigenvalue weighted by Gasteiger charge is 2.70. The molecule has 4 aromatic rings. The monoisotopic (exact) mass is 577 g/mol. The Morgan fingerprint density at radius 2 is 1.53 bits per heavy atom. The Morgan fingerprint density at radius 1 is 0.907 bits per heavy atom. The summed E-state index contributed by atoms with van der Waals surface area (Å²) in [4.78, 5) is 55.7. The molecule has 0 saturated carbocycles. The van der Waals surface area contributed by atoms with Crippen LogP contribution in [0.25, 0.3) is 0 Å². The van der Waals surface area contributed by atoms with Crippen LogP contribution in [0, 0.1) is 5.92 Å². The standard InChI is InChI=1S/C34H32N4O5/c1-22(2)34(32(35)42,25-15-7-4-8-16-25)38(33(43)37-26-17-11-14-24(20-26)31(40)41)28-19-10-9-18-27(28)30(36-21-29(38)39)23-12-5-3-6-13-23/h3-20,22,30,36H,21H2,1-2H3,(H3-,35,37,40,41,42,43)/p+1. The number of hydrogen-bond donors (Lipinski definition) is 4. The normalized spacial score (nSPS) is 19.5. The third-order valence-corrected chi connectivity index (χ3v) is 8.19. The van der Waals surface area contributed by atoms with Crippen LogP contribution in [0.2, 0.25) is 0 Å². The van der Waals surface area contributed by atoms with E-state index >= 15 is 4.79 Å². The number of imide groups is 1. The minimum atomic E-state index is -1.91. The van der Waals surface area contributed by atoms with Crippen LogP contribution in [0.4, 0.5) is 16.2 Å². The van der Waals surface area contributed by atoms with Gasteiger partial charge in [-0.3, -0.25) is 15.4 Å². The Labute approximate surface area is 249 Å². The first kappa shape index (κ1) is 29.4. The van der Waals surface area contributed by atoms with E-state index in [1.807, 2.05) is 42.5 Å². The SMILES string of the molecule is CC(C)C(C(N)=O)(c1ccccc1)[N+]1(C(=O)Nc2cccc(C(=O)O)c2)C(=O)CNC(c2ccccc2)c2ccccc21. The van der Waals surface area contributed by atoms with Gasteiger partial charge in [0.15, 0.2) is 5.69 Å². The number of primary amides is 1. The molecule has 218 valence electrons. The van der Waals surface area contributed by atoms with Crippen molar-refractivity contribution in [1.29, 1.82) is 0 Å². The van der Waals surface area contributed by atoms with Crippen molar-refractivity contribution in [3.05, 3.63) is 131 Å². The number of nitrogens with zero attached hydrogens (tertiary/aromatic N) is 1. The van der Waals surface area contributed by atoms with Gasteiger partial charge in [-0.2, -0.15) is 0 Å². The lowest BCUT2D eigenvalue weighted by molar-refractivity contribution is -0.143. The number of urea groups is 1. The minimum absolute atomic E-state index is 0.0502. The van der Waals surface area contributed by atoms with Gasteiger partial charge in [0.1, 0.15) is 6.54 Å². The summed E-state index contributed by atoms with van der Waals surface area (Å²) < 4.78 is -1.10. The summed E-state index contributed by atoms with van der Waals surface area (Å²) in [5.74, 6) is -3.29. The maximum absolute atomic E-state index is 15.0. The van der Waals surface area contributed by atoms with Crippen molar-refractivity contribution in [3.8, 4) is 0 Å². The number of carboxylic acids is 1. The fourth-order valence-electron chi connectivity index (χ4n) is 6.44. The van der Waals surface area contributed by atoms with Gasteiger partial charge in [-0.15, -0.1) is 4.48 Å². The van der Waals surface area contributed by atoms with Gasteiger partial charge in [-0.25, -0.2) is 14.4 Å². The van der Waals surface area contributed by atoms with Gasteiger partial charge < -0.3 is 10.8 Å². The minimum Gasteiger partial charge on any atom is -0.478 e. The smallest absolute Gasteiger partial charge is 0.434 e. The zero-order valence-corrected chi connectivity index (χ0v) is 23.9. The average molecular weight is 578 g/mol. The second kappa shape index (κ2) is 11.6. The molecule has 0 saturated heterocycles. The molecule has 3 atom stereocenters. The number of nitrogens with one attached hydrogen (secondary N) is 2. The highest BCUT2D eigenvalue weighted by Crippen LogP contribution is 2.50. The van der Waals surface area contributed by atoms with E-state index in [1.54, 1.807) is 56.3 Å². The Balaban J connectivity index is 1.89. The van der Waals surface area contributed by atoms with Crippen molar-refractivity contribution < 1.29 is 24.3 Å². The third-order valence-electron chi connectivity index (χ3n) is 8.19. The molecule has 9 nitrogen and oxygen atoms in total. The van der Waals surface area contributed by atoms with Crippen molar-refractivity contribution in [2.45, 2.75) is 25.4 Å². The van der Waals surface area contributed by atoms with Crippen molar-refractivity contribution in [2.75, 3.05) is 11.9 Å². The molecule has 1 aliphatic rings. The van der Waals surface area contributed by atoms with Crippen LogP contribution in [0.15, 0.2) is 109 Å². The summed E-state index contributed by atoms with van der Waals surface area (Å²) in [5.41, 5.74) is 6.71. The molecule has 43 heavy (non-hydrogen) atoms. The van der Waals surface area contributed by atoms with Gasteiger partial charge in [-0.05, 0) is 23.8 Å². The van der Waals surface area contributed by atoms with Crippen molar-refractivity contribution in [2.24, 2.45) is 11.7 Å². The van der Waals surface area contributed by atoms with Crippen LogP contribution in [-0.4, -0.2) is 35.5 Å². The molecule has 0 bridgehead atoms. The number of nitrogens with two attached hydrogens (primary N) is 1. The summed E-state index contributed by atoms with van der Waals surface area (Å²) in [7, 11) is 0. The first-order chi connectivity index (χ1) is 20.6. The third kappa shape index (κ3) is 4.68. The largest absolute Gasteiger partial charge is 0.478 e. The number of carbonyl (C=O) groups is 4. The molecule has 1 heterocycles. The number of anilines is 1. The van der Waals surface area contributed by atoms with E-state index in [9.17, 15) is 19.5 Å². The van der Waals surface area contributed by atoms with Crippen molar-refractivity contribution >= 4 is 35.2 Å². The van der Waals surface area contributed by atoms with E-state index < -0.39 is 45.8 Å². The van der Waals surface area contributed by atoms with Crippen LogP contribution in [0.5, 0.6) is 0 Å². The van der Waals surface area contributed by atoms with Crippen molar-refractivity contribution in [1.82, 2.24) is 9.80 Å². The van der Waals surface area contributed by atoms with Gasteiger partial charge in [-0.1, -0.05) is 98.8 Å². The zero-order chi connectivity index (χ0) is 30.8. The second-order valence-electron chi connectivity index (χ2n) is 10.8. The molecule has 5 rings (SSSR count). The first-order valence-corrected chi connectivity index (χ1v) is 14.0. The van der Waals surface area contributed by atoms with Gasteiger partial charge >= 0.3 is 17.9 Å². The molecule has 0 fully saturated rings. The van der Waals surface area contributed by atoms with Gasteiger partial charge in [0.05, 0.1) is 11.6 Å². The molecule has 3 unspecified atom stereocenters. The summed E-state index contributed by atoms with van der Waals surface area (Å²) in [6.45, 7) is 3.25. The molecule has 0 radical (unpaired) electrons. The van der Waals surface area contributed by atoms with Gasteiger partial charge in [0, 0.05) is 28.8 Å². The number of para-hydroxylation sites is 1. The lowest BCUT2D eigenvalue weighted by Gasteiger charge is -2.48. The molecule has 0 spiro atoms. The maximum Gasteiger partial charge on any atom is 0.434 e. The molecular weight excluding hydrogens is 544 g/mol. The van der Waals surface area contributed by atoms with Crippen LogP contribution in [0.3, 0.4) is 0 Å². The summed E-state index contributed by atoms with van der Waals surface area (Å²) in [6, 6.07) is 29.6. The lowest BCUT2D eigenvalue weighted by atomic mass is 9.74. The zero-order valence-electron chi connectivity index (χ0n) is 23.9. The van der Waals surface area contributed by atoms with Crippen LogP contribution < -0.4 is 20.9 Å². The first-order valence-electron chi connectivity index (χ1n) is 14.0. The summed E-state index contributed by atoms with van der Waals surface area (Å²) in [6.07, 6.45) is 0. The molecular formula is C34H33N4O5+. The van der Waals surface area contributed by atoms with Crippen LogP contribution >= 0.6 is 0 Å². The highest BCUT2D eigenvalue weighted by atomic mass is 16.4. The highest BCUT2D eigenvalue weighted by molar-refractivity contribution is 6.19. The molecule has 0 aliphatic carbocycles. The predicted octanol–water partition coefficient (Wildman–Crippen LogP) is 5.18. The maximum atomic E-state index is 15.0. The molecule has 0 aromatic heterocycles. The number of carbonyl (C=O) groups excluding carboxylic acids is 3. The van der Waals surface area contributed by atoms with E-state index in [0.717, 1.165) is 5.56 Å². The topological polar surface area (TPSA) is 139 Å². The van der Waals surface area contributed by atoms with E-state index in [-0.39, 0.29) is 23.5 Å². The molecule has 9 heteroatoms. The number of amides is 4. The second-order valence-corrected chi connectivity index (χ2v) is 10.8. The van der Waals surface area contributed by atoms with Crippen molar-refractivity contribution in [3.63, 3.8) is 0 Å². The molecule has 5 N–H and O–H groups in total. The van der Waals surface area contributed by atoms with E-state index in [0.29, 0.717) is 11.1 Å². The Kier molecular flexibility index (Phi) is 7.95. The fraction of sp³-hybridized carbons (Fsp3) is 0.176. The number of quaternary nitrogens is 1. The quantitative estimate of drug-likeness (QED) is 0.223. The molecule has 4 aromatic carbocycles. The molecule has 4 amide bonds. The fourth-order valence-corrected chi connectivity index (χ4v) is 6.44. The summed E-state index contributed by atoms with van der Waals surface area (Å²) in [5, 5.41) is 15.7. The Bertz CT molecular complexity index is 1690. The van der Waals surface area contributed by atoms with E-state index in [1.165, 1.54) is 24.3 Å². The lowest BCUT2D eigenvalue weighted by Crippen LogP contribution is -2.77. The Morgan fingerprint density at radius 3 is 2.16 bits per heavy atom. The van der Waals surface area contributed by atoms with Gasteiger partial charge in [0.25, 0.3) is 5.91 Å². The van der Waals surface area contributed by atoms with Gasteiger partial charge in [0.2, 0.25) is 5.54 Å².